The molecule has 3 fully saturated rings. The minimum atomic E-state index is -0.236. The Hall–Kier alpha value is -2.83. The first-order valence-electron chi connectivity index (χ1n) is 13.3. The molecule has 2 bridgehead atoms. The van der Waals surface area contributed by atoms with Gasteiger partial charge in [-0.3, -0.25) is 4.90 Å². The first kappa shape index (κ1) is 25.8. The molecular formula is C31H35BrN2O3. The summed E-state index contributed by atoms with van der Waals surface area (Å²) in [6, 6.07) is 26.7. The van der Waals surface area contributed by atoms with Gasteiger partial charge in [0.15, 0.2) is 6.10 Å². The Morgan fingerprint density at radius 1 is 0.946 bits per heavy atom. The summed E-state index contributed by atoms with van der Waals surface area (Å²) in [5.74, 6) is 1.52. The summed E-state index contributed by atoms with van der Waals surface area (Å²) in [6.45, 7) is 5.73. The first-order valence-corrected chi connectivity index (χ1v) is 13.3. The molecule has 1 atom stereocenters. The van der Waals surface area contributed by atoms with E-state index in [4.69, 9.17) is 9.47 Å². The Balaban J connectivity index is 0.00000280. The summed E-state index contributed by atoms with van der Waals surface area (Å²) >= 11 is 0. The minimum absolute atomic E-state index is 0. The van der Waals surface area contributed by atoms with Crippen LogP contribution in [-0.2, 0) is 24.1 Å². The standard InChI is InChI=1S/C31H35N2O3.BrH/c34-31(32(28-9-5-2-6-10-28)22-25-7-3-1-4-8-25)36-30-23-33(18-14-26(30)15-19-33)17-13-24-11-12-29-27(21-24)16-20-35-29;/h1-12,21,26,30H,13-20,22-23H2;1H/q+1;/p-1/t26?,30-,33?;/m0./s1. The van der Waals surface area contributed by atoms with Crippen molar-refractivity contribution in [2.75, 3.05) is 37.7 Å². The molecular weight excluding hydrogens is 528 g/mol. The molecule has 3 saturated heterocycles. The monoisotopic (exact) mass is 562 g/mol. The van der Waals surface area contributed by atoms with Gasteiger partial charge in [-0.05, 0) is 34.9 Å². The fraction of sp³-hybridized carbons (Fsp3) is 0.387. The zero-order chi connectivity index (χ0) is 24.4. The second-order valence-corrected chi connectivity index (χ2v) is 10.7. The van der Waals surface area contributed by atoms with E-state index >= 15 is 0 Å². The zero-order valence-electron chi connectivity index (χ0n) is 21.2. The number of quaternary nitrogens is 1. The summed E-state index contributed by atoms with van der Waals surface area (Å²) < 4.78 is 13.0. The molecule has 37 heavy (non-hydrogen) atoms. The molecule has 5 nitrogen and oxygen atoms in total. The van der Waals surface area contributed by atoms with Gasteiger partial charge in [0, 0.05) is 37.3 Å². The van der Waals surface area contributed by atoms with Gasteiger partial charge in [-0.15, -0.1) is 0 Å². The van der Waals surface area contributed by atoms with Crippen LogP contribution in [-0.4, -0.2) is 49.5 Å². The highest BCUT2D eigenvalue weighted by Crippen LogP contribution is 2.37. The molecule has 0 aromatic heterocycles. The van der Waals surface area contributed by atoms with Gasteiger partial charge >= 0.3 is 6.09 Å². The molecule has 1 amide bonds. The number of anilines is 1. The minimum Gasteiger partial charge on any atom is -1.00 e. The first-order chi connectivity index (χ1) is 17.7. The predicted molar refractivity (Wildman–Crippen MR) is 141 cm³/mol. The number of carbonyl (C=O) groups excluding carboxylic acids is 1. The average molecular weight is 564 g/mol. The van der Waals surface area contributed by atoms with Gasteiger partial charge in [-0.25, -0.2) is 4.79 Å². The summed E-state index contributed by atoms with van der Waals surface area (Å²) in [6.07, 6.45) is 4.10. The number of benzene rings is 3. The molecule has 4 heterocycles. The van der Waals surface area contributed by atoms with Gasteiger partial charge in [0.25, 0.3) is 0 Å². The molecule has 0 radical (unpaired) electrons. The molecule has 3 aromatic carbocycles. The number of amides is 1. The van der Waals surface area contributed by atoms with E-state index in [1.807, 2.05) is 48.5 Å². The Morgan fingerprint density at radius 3 is 2.43 bits per heavy atom. The van der Waals surface area contributed by atoms with Gasteiger partial charge < -0.3 is 30.9 Å². The molecule has 0 spiro atoms. The third kappa shape index (κ3) is 5.70. The Bertz CT molecular complexity index is 1200. The zero-order valence-corrected chi connectivity index (χ0v) is 22.8. The van der Waals surface area contributed by atoms with Crippen LogP contribution < -0.4 is 26.6 Å². The van der Waals surface area contributed by atoms with E-state index in [1.54, 1.807) is 4.90 Å². The van der Waals surface area contributed by atoms with Crippen LogP contribution in [0.4, 0.5) is 10.5 Å². The van der Waals surface area contributed by atoms with Gasteiger partial charge in [0.2, 0.25) is 0 Å². The van der Waals surface area contributed by atoms with Gasteiger partial charge in [0.05, 0.1) is 32.8 Å². The van der Waals surface area contributed by atoms with Crippen molar-refractivity contribution in [2.24, 2.45) is 5.92 Å². The molecule has 3 aromatic rings. The second-order valence-electron chi connectivity index (χ2n) is 10.7. The Kier molecular flexibility index (Phi) is 7.87. The van der Waals surface area contributed by atoms with E-state index in [1.165, 1.54) is 24.2 Å². The van der Waals surface area contributed by atoms with Crippen molar-refractivity contribution in [3.05, 3.63) is 95.6 Å². The van der Waals surface area contributed by atoms with Crippen molar-refractivity contribution in [2.45, 2.75) is 38.3 Å². The van der Waals surface area contributed by atoms with Crippen LogP contribution in [0.3, 0.4) is 0 Å². The smallest absolute Gasteiger partial charge is 0.415 e. The number of hydrogen-bond donors (Lipinski definition) is 0. The molecule has 7 rings (SSSR count). The highest BCUT2D eigenvalue weighted by Gasteiger charge is 2.47. The quantitative estimate of drug-likeness (QED) is 0.415. The van der Waals surface area contributed by atoms with Crippen molar-refractivity contribution >= 4 is 11.8 Å². The number of rotatable bonds is 7. The van der Waals surface area contributed by atoms with E-state index in [2.05, 4.69) is 30.3 Å². The number of fused-ring (bicyclic) bond motifs is 4. The van der Waals surface area contributed by atoms with Crippen LogP contribution in [0.5, 0.6) is 5.75 Å². The Labute approximate surface area is 230 Å². The molecule has 6 heteroatoms. The van der Waals surface area contributed by atoms with Crippen molar-refractivity contribution in [3.63, 3.8) is 0 Å². The van der Waals surface area contributed by atoms with Crippen LogP contribution in [0, 0.1) is 5.92 Å². The fourth-order valence-electron chi connectivity index (χ4n) is 6.26. The van der Waals surface area contributed by atoms with E-state index in [0.29, 0.717) is 12.5 Å². The van der Waals surface area contributed by atoms with Crippen LogP contribution in [0.15, 0.2) is 78.9 Å². The Morgan fingerprint density at radius 2 is 1.68 bits per heavy atom. The molecule has 0 aliphatic carbocycles. The van der Waals surface area contributed by atoms with Gasteiger partial charge in [0.1, 0.15) is 12.3 Å². The van der Waals surface area contributed by atoms with Gasteiger partial charge in [-0.2, -0.15) is 0 Å². The maximum absolute atomic E-state index is 13.6. The molecule has 4 aliphatic heterocycles. The topological polar surface area (TPSA) is 38.8 Å². The summed E-state index contributed by atoms with van der Waals surface area (Å²) in [5.41, 5.74) is 4.70. The molecule has 0 unspecified atom stereocenters. The molecule has 4 aliphatic rings. The molecule has 194 valence electrons. The van der Waals surface area contributed by atoms with Crippen LogP contribution >= 0.6 is 0 Å². The van der Waals surface area contributed by atoms with E-state index in [-0.39, 0.29) is 29.2 Å². The van der Waals surface area contributed by atoms with Gasteiger partial charge in [-0.1, -0.05) is 60.7 Å². The van der Waals surface area contributed by atoms with E-state index in [9.17, 15) is 4.79 Å². The third-order valence-electron chi connectivity index (χ3n) is 8.39. The lowest BCUT2D eigenvalue weighted by Gasteiger charge is -2.52. The van der Waals surface area contributed by atoms with Crippen molar-refractivity contribution in [3.8, 4) is 5.75 Å². The van der Waals surface area contributed by atoms with Crippen molar-refractivity contribution < 1.29 is 35.7 Å². The van der Waals surface area contributed by atoms with E-state index < -0.39 is 0 Å². The summed E-state index contributed by atoms with van der Waals surface area (Å²) in [4.78, 5) is 15.4. The van der Waals surface area contributed by atoms with Crippen molar-refractivity contribution in [1.82, 2.24) is 0 Å². The van der Waals surface area contributed by atoms with Crippen LogP contribution in [0.2, 0.25) is 0 Å². The normalized spacial score (nSPS) is 23.5. The maximum atomic E-state index is 13.6. The predicted octanol–water partition coefficient (Wildman–Crippen LogP) is 2.62. The number of para-hydroxylation sites is 1. The molecule has 0 saturated carbocycles. The highest BCUT2D eigenvalue weighted by molar-refractivity contribution is 5.87. The lowest BCUT2D eigenvalue weighted by atomic mass is 9.83. The summed E-state index contributed by atoms with van der Waals surface area (Å²) in [5, 5.41) is 0. The average Bonchev–Trinajstić information content (AvgIpc) is 3.40. The number of halogens is 1. The number of hydrogen-bond acceptors (Lipinski definition) is 3. The maximum Gasteiger partial charge on any atom is 0.415 e. The lowest BCUT2D eigenvalue weighted by molar-refractivity contribution is -0.945. The summed E-state index contributed by atoms with van der Waals surface area (Å²) in [7, 11) is 0. The van der Waals surface area contributed by atoms with Crippen LogP contribution in [0.25, 0.3) is 0 Å². The van der Waals surface area contributed by atoms with E-state index in [0.717, 1.165) is 66.9 Å². The number of ether oxygens (including phenoxy) is 2. The number of nitrogens with zero attached hydrogens (tertiary/aromatic N) is 2. The lowest BCUT2D eigenvalue weighted by Crippen LogP contribution is -3.00. The van der Waals surface area contributed by atoms with Crippen molar-refractivity contribution in [1.29, 1.82) is 0 Å². The largest absolute Gasteiger partial charge is 1.00 e. The second kappa shape index (κ2) is 11.3. The van der Waals surface area contributed by atoms with Crippen LogP contribution in [0.1, 0.15) is 29.5 Å². The SMILES string of the molecule is O=C(O[C@H]1C[N+]2(CCc3ccc4c(c3)CCO4)CCC1CC2)N(Cc1ccccc1)c1ccccc1.[Br-]. The third-order valence-corrected chi connectivity index (χ3v) is 8.39. The molecule has 0 N–H and O–H groups in total. The highest BCUT2D eigenvalue weighted by atomic mass is 79.9. The number of piperidine rings is 3. The number of carbonyl (C=O) groups is 1. The fourth-order valence-corrected chi connectivity index (χ4v) is 6.26.